The number of carbonyl (C=O) groups excluding carboxylic acids is 3. The van der Waals surface area contributed by atoms with Crippen molar-refractivity contribution in [3.63, 3.8) is 0 Å². The first-order chi connectivity index (χ1) is 9.86. The van der Waals surface area contributed by atoms with E-state index in [9.17, 15) is 14.4 Å². The van der Waals surface area contributed by atoms with E-state index in [1.807, 2.05) is 0 Å². The van der Waals surface area contributed by atoms with Crippen LogP contribution < -0.4 is 0 Å². The first-order valence-corrected chi connectivity index (χ1v) is 6.93. The Bertz CT molecular complexity index is 572. The minimum atomic E-state index is -1.05. The van der Waals surface area contributed by atoms with Gasteiger partial charge in [-0.3, -0.25) is 9.59 Å². The van der Waals surface area contributed by atoms with Gasteiger partial charge in [0.25, 0.3) is 5.78 Å². The summed E-state index contributed by atoms with van der Waals surface area (Å²) in [5, 5.41) is 0.599. The van der Waals surface area contributed by atoms with Crippen LogP contribution in [0.5, 0.6) is 0 Å². The van der Waals surface area contributed by atoms with Gasteiger partial charge in [-0.25, -0.2) is 4.79 Å². The maximum absolute atomic E-state index is 12.1. The summed E-state index contributed by atoms with van der Waals surface area (Å²) in [6, 6.07) is 6.94. The number of allylic oxidation sites excluding steroid dienone is 1. The zero-order valence-corrected chi connectivity index (χ0v) is 12.9. The molecule has 4 nitrogen and oxygen atoms in total. The zero-order valence-electron chi connectivity index (χ0n) is 12.2. The van der Waals surface area contributed by atoms with Gasteiger partial charge >= 0.3 is 5.97 Å². The van der Waals surface area contributed by atoms with Crippen LogP contribution in [0.1, 0.15) is 26.3 Å². The molecule has 0 saturated carbocycles. The fourth-order valence-electron chi connectivity index (χ4n) is 1.72. The van der Waals surface area contributed by atoms with Crippen LogP contribution in [0.25, 0.3) is 6.08 Å². The number of esters is 1. The normalized spacial score (nSPS) is 12.7. The van der Waals surface area contributed by atoms with Crippen LogP contribution in [0.3, 0.4) is 0 Å². The molecule has 0 N–H and O–H groups in total. The Morgan fingerprint density at radius 2 is 1.76 bits per heavy atom. The number of halogens is 1. The molecule has 0 aliphatic rings. The summed E-state index contributed by atoms with van der Waals surface area (Å²) < 4.78 is 4.61. The van der Waals surface area contributed by atoms with Crippen LogP contribution in [0.2, 0.25) is 5.02 Å². The standard InChI is InChI=1S/C16H17ClO4/c1-4-21-16(20)15(19)11(3)14(18)10(2)9-12-5-7-13(17)8-6-12/h5-9,11H,4H2,1-3H3/b10-9+. The molecule has 0 fully saturated rings. The number of carbonyl (C=O) groups is 3. The number of rotatable bonds is 6. The number of ketones is 2. The van der Waals surface area contributed by atoms with Crippen LogP contribution in [-0.2, 0) is 19.1 Å². The lowest BCUT2D eigenvalue weighted by Gasteiger charge is -2.09. The van der Waals surface area contributed by atoms with Gasteiger partial charge in [-0.1, -0.05) is 23.7 Å². The third-order valence-electron chi connectivity index (χ3n) is 2.91. The van der Waals surface area contributed by atoms with Gasteiger partial charge in [0, 0.05) is 5.02 Å². The van der Waals surface area contributed by atoms with E-state index in [1.165, 1.54) is 6.92 Å². The molecular formula is C16H17ClO4. The summed E-state index contributed by atoms with van der Waals surface area (Å²) in [4.78, 5) is 35.2. The molecule has 0 aliphatic heterocycles. The number of Topliss-reactive ketones (excluding diaryl/α,β-unsaturated/α-hetero) is 2. The van der Waals surface area contributed by atoms with Gasteiger partial charge in [0.1, 0.15) is 0 Å². The summed E-state index contributed by atoms with van der Waals surface area (Å²) in [5.41, 5.74) is 1.18. The molecule has 5 heteroatoms. The minimum Gasteiger partial charge on any atom is -0.460 e. The van der Waals surface area contributed by atoms with Crippen molar-refractivity contribution in [3.8, 4) is 0 Å². The number of hydrogen-bond donors (Lipinski definition) is 0. The Kier molecular flexibility index (Phi) is 6.31. The van der Waals surface area contributed by atoms with Gasteiger partial charge in [-0.15, -0.1) is 0 Å². The monoisotopic (exact) mass is 308 g/mol. The van der Waals surface area contributed by atoms with Gasteiger partial charge in [0.2, 0.25) is 0 Å². The van der Waals surface area contributed by atoms with Crippen molar-refractivity contribution in [2.24, 2.45) is 5.92 Å². The largest absolute Gasteiger partial charge is 0.460 e. The molecular weight excluding hydrogens is 292 g/mol. The summed E-state index contributed by atoms with van der Waals surface area (Å²) >= 11 is 5.78. The lowest BCUT2D eigenvalue weighted by molar-refractivity contribution is -0.156. The summed E-state index contributed by atoms with van der Waals surface area (Å²) in [6.45, 7) is 4.71. The zero-order chi connectivity index (χ0) is 16.0. The van der Waals surface area contributed by atoms with Crippen LogP contribution >= 0.6 is 11.6 Å². The molecule has 0 amide bonds. The second kappa shape index (κ2) is 7.74. The molecule has 0 radical (unpaired) electrons. The highest BCUT2D eigenvalue weighted by Gasteiger charge is 2.29. The summed E-state index contributed by atoms with van der Waals surface area (Å²) in [6.07, 6.45) is 1.65. The predicted octanol–water partition coefficient (Wildman–Crippen LogP) is 3.08. The fourth-order valence-corrected chi connectivity index (χ4v) is 1.85. The first kappa shape index (κ1) is 17.1. The maximum Gasteiger partial charge on any atom is 0.375 e. The van der Waals surface area contributed by atoms with Crippen molar-refractivity contribution in [1.29, 1.82) is 0 Å². The van der Waals surface area contributed by atoms with E-state index < -0.39 is 23.5 Å². The molecule has 112 valence electrons. The van der Waals surface area contributed by atoms with Crippen molar-refractivity contribution in [2.75, 3.05) is 6.61 Å². The molecule has 1 atom stereocenters. The summed E-state index contributed by atoms with van der Waals surface area (Å²) in [7, 11) is 0. The van der Waals surface area contributed by atoms with Crippen LogP contribution in [0, 0.1) is 5.92 Å². The average molecular weight is 309 g/mol. The molecule has 0 aliphatic carbocycles. The average Bonchev–Trinajstić information content (AvgIpc) is 2.47. The molecule has 1 rings (SSSR count). The number of benzene rings is 1. The van der Waals surface area contributed by atoms with Gasteiger partial charge in [-0.2, -0.15) is 0 Å². The fraction of sp³-hybridized carbons (Fsp3) is 0.312. The smallest absolute Gasteiger partial charge is 0.375 e. The molecule has 0 aromatic heterocycles. The van der Waals surface area contributed by atoms with E-state index in [0.29, 0.717) is 10.6 Å². The molecule has 1 aromatic rings. The summed E-state index contributed by atoms with van der Waals surface area (Å²) in [5.74, 6) is -3.25. The van der Waals surface area contributed by atoms with Crippen molar-refractivity contribution >= 4 is 35.2 Å². The topological polar surface area (TPSA) is 60.4 Å². The Morgan fingerprint density at radius 1 is 1.19 bits per heavy atom. The van der Waals surface area contributed by atoms with Crippen molar-refractivity contribution in [2.45, 2.75) is 20.8 Å². The SMILES string of the molecule is CCOC(=O)C(=O)C(C)C(=O)/C(C)=C/c1ccc(Cl)cc1. The molecule has 0 heterocycles. The Hall–Kier alpha value is -1.94. The van der Waals surface area contributed by atoms with E-state index in [0.717, 1.165) is 5.56 Å². The lowest BCUT2D eigenvalue weighted by Crippen LogP contribution is -2.30. The highest BCUT2D eigenvalue weighted by molar-refractivity contribution is 6.39. The van der Waals surface area contributed by atoms with Crippen molar-refractivity contribution < 1.29 is 19.1 Å². The van der Waals surface area contributed by atoms with Gasteiger partial charge in [0.05, 0.1) is 12.5 Å². The van der Waals surface area contributed by atoms with Gasteiger partial charge in [-0.05, 0) is 50.1 Å². The van der Waals surface area contributed by atoms with Crippen molar-refractivity contribution in [1.82, 2.24) is 0 Å². The number of hydrogen-bond acceptors (Lipinski definition) is 4. The van der Waals surface area contributed by atoms with Gasteiger partial charge < -0.3 is 4.74 Å². The molecule has 0 saturated heterocycles. The maximum atomic E-state index is 12.1. The highest BCUT2D eigenvalue weighted by Crippen LogP contribution is 2.15. The Labute approximate surface area is 128 Å². The first-order valence-electron chi connectivity index (χ1n) is 6.55. The van der Waals surface area contributed by atoms with E-state index in [1.54, 1.807) is 44.2 Å². The number of ether oxygens (including phenoxy) is 1. The van der Waals surface area contributed by atoms with Crippen LogP contribution in [0.4, 0.5) is 0 Å². The third kappa shape index (κ3) is 4.83. The predicted molar refractivity (Wildman–Crippen MR) is 80.9 cm³/mol. The molecule has 21 heavy (non-hydrogen) atoms. The second-order valence-electron chi connectivity index (χ2n) is 4.55. The van der Waals surface area contributed by atoms with Gasteiger partial charge in [0.15, 0.2) is 5.78 Å². The van der Waals surface area contributed by atoms with Crippen LogP contribution in [0.15, 0.2) is 29.8 Å². The van der Waals surface area contributed by atoms with E-state index in [-0.39, 0.29) is 6.61 Å². The van der Waals surface area contributed by atoms with Crippen molar-refractivity contribution in [3.05, 3.63) is 40.4 Å². The van der Waals surface area contributed by atoms with Crippen LogP contribution in [-0.4, -0.2) is 24.1 Å². The second-order valence-corrected chi connectivity index (χ2v) is 4.99. The molecule has 0 spiro atoms. The molecule has 1 aromatic carbocycles. The third-order valence-corrected chi connectivity index (χ3v) is 3.16. The van der Waals surface area contributed by atoms with E-state index >= 15 is 0 Å². The van der Waals surface area contributed by atoms with E-state index in [2.05, 4.69) is 4.74 Å². The minimum absolute atomic E-state index is 0.102. The molecule has 1 unspecified atom stereocenters. The Morgan fingerprint density at radius 3 is 2.29 bits per heavy atom. The quantitative estimate of drug-likeness (QED) is 0.351. The molecule has 0 bridgehead atoms. The highest BCUT2D eigenvalue weighted by atomic mass is 35.5. The Balaban J connectivity index is 2.84. The van der Waals surface area contributed by atoms with E-state index in [4.69, 9.17) is 11.6 Å². The lowest BCUT2D eigenvalue weighted by atomic mass is 9.95.